The van der Waals surface area contributed by atoms with E-state index in [9.17, 15) is 0 Å². The predicted molar refractivity (Wildman–Crippen MR) is 97.1 cm³/mol. The fraction of sp³-hybridized carbons (Fsp3) is 0.316. The molecule has 0 amide bonds. The largest absolute Gasteiger partial charge is 0.491 e. The lowest BCUT2D eigenvalue weighted by Gasteiger charge is -2.10. The van der Waals surface area contributed by atoms with Crippen LogP contribution < -0.4 is 15.8 Å². The molecule has 4 nitrogen and oxygen atoms in total. The van der Waals surface area contributed by atoms with Gasteiger partial charge < -0.3 is 15.8 Å². The molecule has 23 heavy (non-hydrogen) atoms. The third kappa shape index (κ3) is 5.33. The number of nitrogens with two attached hydrogens (primary N) is 1. The number of guanidine groups is 1. The molecule has 3 N–H and O–H groups in total. The maximum atomic E-state index is 5.95. The standard InChI is InChI=1S/C19H25N3O/c1-13(2)23-18-9-6-16(7-10-18)12-21-19(20)22-17-8-5-14(3)15(4)11-17/h5-11,13H,12H2,1-4H3,(H3,20,21,22). The van der Waals surface area contributed by atoms with E-state index in [2.05, 4.69) is 36.3 Å². The second kappa shape index (κ2) is 7.68. The van der Waals surface area contributed by atoms with Crippen LogP contribution in [0.3, 0.4) is 0 Å². The van der Waals surface area contributed by atoms with Gasteiger partial charge in [-0.25, -0.2) is 4.99 Å². The topological polar surface area (TPSA) is 59.6 Å². The highest BCUT2D eigenvalue weighted by atomic mass is 16.5. The van der Waals surface area contributed by atoms with Gasteiger partial charge >= 0.3 is 0 Å². The van der Waals surface area contributed by atoms with Crippen LogP contribution in [0, 0.1) is 13.8 Å². The smallest absolute Gasteiger partial charge is 0.193 e. The molecule has 0 heterocycles. The summed E-state index contributed by atoms with van der Waals surface area (Å²) < 4.78 is 5.62. The van der Waals surface area contributed by atoms with Crippen molar-refractivity contribution in [2.24, 2.45) is 10.7 Å². The first-order valence-corrected chi connectivity index (χ1v) is 7.84. The lowest BCUT2D eigenvalue weighted by Crippen LogP contribution is -2.22. The first kappa shape index (κ1) is 16.9. The minimum atomic E-state index is 0.177. The van der Waals surface area contributed by atoms with Crippen molar-refractivity contribution in [2.45, 2.75) is 40.3 Å². The van der Waals surface area contributed by atoms with E-state index in [-0.39, 0.29) is 6.10 Å². The molecule has 2 aromatic rings. The average Bonchev–Trinajstić information content (AvgIpc) is 2.50. The van der Waals surface area contributed by atoms with E-state index in [4.69, 9.17) is 10.5 Å². The molecule has 0 radical (unpaired) electrons. The van der Waals surface area contributed by atoms with Crippen LogP contribution in [0.1, 0.15) is 30.5 Å². The van der Waals surface area contributed by atoms with Gasteiger partial charge in [-0.2, -0.15) is 0 Å². The molecule has 0 fully saturated rings. The molecule has 122 valence electrons. The van der Waals surface area contributed by atoms with E-state index in [1.807, 2.05) is 44.2 Å². The van der Waals surface area contributed by atoms with E-state index in [1.54, 1.807) is 0 Å². The van der Waals surface area contributed by atoms with Gasteiger partial charge in [-0.15, -0.1) is 0 Å². The highest BCUT2D eigenvalue weighted by Gasteiger charge is 2.00. The van der Waals surface area contributed by atoms with Crippen LogP contribution in [-0.2, 0) is 6.54 Å². The molecule has 0 spiro atoms. The van der Waals surface area contributed by atoms with Crippen LogP contribution in [0.2, 0.25) is 0 Å². The molecule has 0 saturated heterocycles. The summed E-state index contributed by atoms with van der Waals surface area (Å²) in [6.07, 6.45) is 0.177. The Labute approximate surface area is 138 Å². The van der Waals surface area contributed by atoms with Crippen LogP contribution in [0.15, 0.2) is 47.5 Å². The van der Waals surface area contributed by atoms with Crippen LogP contribution in [-0.4, -0.2) is 12.1 Å². The zero-order valence-electron chi connectivity index (χ0n) is 14.3. The maximum Gasteiger partial charge on any atom is 0.193 e. The van der Waals surface area contributed by atoms with Crippen molar-refractivity contribution in [3.8, 4) is 5.75 Å². The second-order valence-corrected chi connectivity index (χ2v) is 5.94. The van der Waals surface area contributed by atoms with Crippen LogP contribution in [0.25, 0.3) is 0 Å². The van der Waals surface area contributed by atoms with Crippen molar-refractivity contribution in [3.63, 3.8) is 0 Å². The summed E-state index contributed by atoms with van der Waals surface area (Å²) in [6, 6.07) is 14.1. The number of hydrogen-bond acceptors (Lipinski definition) is 2. The van der Waals surface area contributed by atoms with Crippen molar-refractivity contribution in [1.29, 1.82) is 0 Å². The quantitative estimate of drug-likeness (QED) is 0.647. The van der Waals surface area contributed by atoms with Crippen molar-refractivity contribution in [1.82, 2.24) is 0 Å². The maximum absolute atomic E-state index is 5.95. The van der Waals surface area contributed by atoms with Crippen molar-refractivity contribution in [2.75, 3.05) is 5.32 Å². The highest BCUT2D eigenvalue weighted by Crippen LogP contribution is 2.15. The van der Waals surface area contributed by atoms with Gasteiger partial charge in [0.1, 0.15) is 5.75 Å². The normalized spacial score (nSPS) is 11.6. The lowest BCUT2D eigenvalue weighted by atomic mass is 10.1. The fourth-order valence-corrected chi connectivity index (χ4v) is 2.13. The van der Waals surface area contributed by atoms with Gasteiger partial charge in [-0.3, -0.25) is 0 Å². The Hall–Kier alpha value is -2.49. The fourth-order valence-electron chi connectivity index (χ4n) is 2.13. The zero-order valence-corrected chi connectivity index (χ0v) is 14.3. The average molecular weight is 311 g/mol. The Morgan fingerprint density at radius 1 is 1.09 bits per heavy atom. The van der Waals surface area contributed by atoms with Gasteiger partial charge in [0.2, 0.25) is 0 Å². The predicted octanol–water partition coefficient (Wildman–Crippen LogP) is 4.02. The summed E-state index contributed by atoms with van der Waals surface area (Å²) in [5.41, 5.74) is 10.5. The minimum Gasteiger partial charge on any atom is -0.491 e. The Kier molecular flexibility index (Phi) is 5.63. The van der Waals surface area contributed by atoms with E-state index >= 15 is 0 Å². The van der Waals surface area contributed by atoms with Gasteiger partial charge in [0, 0.05) is 5.69 Å². The number of hydrogen-bond donors (Lipinski definition) is 2. The molecule has 0 atom stereocenters. The molecular weight excluding hydrogens is 286 g/mol. The molecular formula is C19H25N3O. The van der Waals surface area contributed by atoms with Gasteiger partial charge in [-0.1, -0.05) is 18.2 Å². The molecule has 0 aliphatic carbocycles. The Balaban J connectivity index is 1.94. The molecule has 0 aliphatic heterocycles. The third-order valence-corrected chi connectivity index (χ3v) is 3.51. The van der Waals surface area contributed by atoms with Crippen molar-refractivity contribution < 1.29 is 4.74 Å². The van der Waals surface area contributed by atoms with Crippen molar-refractivity contribution >= 4 is 11.6 Å². The number of nitrogens with one attached hydrogen (secondary N) is 1. The van der Waals surface area contributed by atoms with Gasteiger partial charge in [-0.05, 0) is 68.7 Å². The van der Waals surface area contributed by atoms with Gasteiger partial charge in [0.25, 0.3) is 0 Å². The SMILES string of the molecule is Cc1ccc(NC(N)=NCc2ccc(OC(C)C)cc2)cc1C. The number of ether oxygens (including phenoxy) is 1. The van der Waals surface area contributed by atoms with E-state index < -0.39 is 0 Å². The summed E-state index contributed by atoms with van der Waals surface area (Å²) in [6.45, 7) is 8.72. The molecule has 0 aliphatic rings. The Morgan fingerprint density at radius 2 is 1.78 bits per heavy atom. The number of benzene rings is 2. The monoisotopic (exact) mass is 311 g/mol. The zero-order chi connectivity index (χ0) is 16.8. The molecule has 0 saturated carbocycles. The molecule has 0 unspecified atom stereocenters. The summed E-state index contributed by atoms with van der Waals surface area (Å²) in [5, 5.41) is 3.12. The highest BCUT2D eigenvalue weighted by molar-refractivity contribution is 5.92. The minimum absolute atomic E-state index is 0.177. The molecule has 2 rings (SSSR count). The van der Waals surface area contributed by atoms with Gasteiger partial charge in [0.15, 0.2) is 5.96 Å². The lowest BCUT2D eigenvalue weighted by molar-refractivity contribution is 0.242. The third-order valence-electron chi connectivity index (χ3n) is 3.51. The second-order valence-electron chi connectivity index (χ2n) is 5.94. The number of aliphatic imine (C=N–C) groups is 1. The first-order chi connectivity index (χ1) is 10.9. The summed E-state index contributed by atoms with van der Waals surface area (Å²) in [7, 11) is 0. The Morgan fingerprint density at radius 3 is 2.39 bits per heavy atom. The van der Waals surface area contributed by atoms with Crippen LogP contribution >= 0.6 is 0 Å². The Bertz CT molecular complexity index is 676. The summed E-state index contributed by atoms with van der Waals surface area (Å²) in [4.78, 5) is 4.37. The van der Waals surface area contributed by atoms with E-state index in [0.717, 1.165) is 17.0 Å². The van der Waals surface area contributed by atoms with Crippen molar-refractivity contribution in [3.05, 3.63) is 59.2 Å². The molecule has 0 aromatic heterocycles. The van der Waals surface area contributed by atoms with Crippen LogP contribution in [0.5, 0.6) is 5.75 Å². The summed E-state index contributed by atoms with van der Waals surface area (Å²) in [5.74, 6) is 1.28. The van der Waals surface area contributed by atoms with Gasteiger partial charge in [0.05, 0.1) is 12.6 Å². The molecule has 4 heteroatoms. The van der Waals surface area contributed by atoms with E-state index in [0.29, 0.717) is 12.5 Å². The van der Waals surface area contributed by atoms with Crippen LogP contribution in [0.4, 0.5) is 5.69 Å². The number of rotatable bonds is 5. The number of nitrogens with zero attached hydrogens (tertiary/aromatic N) is 1. The summed E-state index contributed by atoms with van der Waals surface area (Å²) >= 11 is 0. The van der Waals surface area contributed by atoms with E-state index in [1.165, 1.54) is 11.1 Å². The molecule has 0 bridgehead atoms. The first-order valence-electron chi connectivity index (χ1n) is 7.84. The molecule has 2 aromatic carbocycles. The number of aryl methyl sites for hydroxylation is 2. The number of anilines is 1.